The van der Waals surface area contributed by atoms with Gasteiger partial charge in [0.2, 0.25) is 5.91 Å². The number of hydrogen-bond donors (Lipinski definition) is 1. The van der Waals surface area contributed by atoms with Gasteiger partial charge in [0.25, 0.3) is 5.91 Å². The van der Waals surface area contributed by atoms with Gasteiger partial charge >= 0.3 is 0 Å². The first kappa shape index (κ1) is 8.74. The van der Waals surface area contributed by atoms with E-state index in [-0.39, 0.29) is 18.2 Å². The Kier molecular flexibility index (Phi) is 1.96. The average Bonchev–Trinajstić information content (AvgIpc) is 2.61. The molecule has 1 N–H and O–H groups in total. The molecule has 14 heavy (non-hydrogen) atoms. The first-order chi connectivity index (χ1) is 6.65. The third kappa shape index (κ3) is 1.59. The highest BCUT2D eigenvalue weighted by Gasteiger charge is 2.23. The summed E-state index contributed by atoms with van der Waals surface area (Å²) in [6.07, 6.45) is 5.71. The van der Waals surface area contributed by atoms with Crippen LogP contribution in [0.3, 0.4) is 0 Å². The van der Waals surface area contributed by atoms with Crippen molar-refractivity contribution in [2.24, 2.45) is 7.05 Å². The van der Waals surface area contributed by atoms with Crippen LogP contribution in [0.4, 0.5) is 0 Å². The lowest BCUT2D eigenvalue weighted by Crippen LogP contribution is -2.19. The van der Waals surface area contributed by atoms with Crippen LogP contribution in [-0.2, 0) is 16.6 Å². The van der Waals surface area contributed by atoms with E-state index in [0.29, 0.717) is 5.57 Å². The van der Waals surface area contributed by atoms with Gasteiger partial charge in [-0.25, -0.2) is 0 Å². The average molecular weight is 190 g/mol. The van der Waals surface area contributed by atoms with Gasteiger partial charge in [0.1, 0.15) is 0 Å². The van der Waals surface area contributed by atoms with Gasteiger partial charge in [0.05, 0.1) is 6.42 Å². The van der Waals surface area contributed by atoms with Crippen LogP contribution in [0.15, 0.2) is 24.0 Å². The summed E-state index contributed by atoms with van der Waals surface area (Å²) >= 11 is 0. The second-order valence-electron chi connectivity index (χ2n) is 3.33. The molecule has 1 aromatic rings. The number of carbonyl (C=O) groups is 2. The maximum absolute atomic E-state index is 11.2. The zero-order chi connectivity index (χ0) is 10.1. The van der Waals surface area contributed by atoms with Crippen molar-refractivity contribution in [1.29, 1.82) is 0 Å². The van der Waals surface area contributed by atoms with Crippen molar-refractivity contribution in [3.63, 3.8) is 0 Å². The van der Waals surface area contributed by atoms with Gasteiger partial charge in [0, 0.05) is 25.0 Å². The predicted molar refractivity (Wildman–Crippen MR) is 51.2 cm³/mol. The van der Waals surface area contributed by atoms with E-state index in [9.17, 15) is 9.59 Å². The van der Waals surface area contributed by atoms with Crippen molar-refractivity contribution >= 4 is 17.9 Å². The molecule has 0 unspecified atom stereocenters. The highest BCUT2D eigenvalue weighted by molar-refractivity contribution is 6.15. The highest BCUT2D eigenvalue weighted by atomic mass is 16.2. The molecule has 0 spiro atoms. The zero-order valence-electron chi connectivity index (χ0n) is 7.78. The van der Waals surface area contributed by atoms with Crippen LogP contribution < -0.4 is 5.32 Å². The summed E-state index contributed by atoms with van der Waals surface area (Å²) in [5, 5.41) is 2.24. The van der Waals surface area contributed by atoms with Gasteiger partial charge in [-0.05, 0) is 17.7 Å². The van der Waals surface area contributed by atoms with Crippen molar-refractivity contribution in [1.82, 2.24) is 9.88 Å². The molecule has 1 aliphatic rings. The minimum Gasteiger partial charge on any atom is -0.357 e. The minimum atomic E-state index is -0.279. The fourth-order valence-electron chi connectivity index (χ4n) is 1.43. The smallest absolute Gasteiger partial charge is 0.254 e. The predicted octanol–water partition coefficient (Wildman–Crippen LogP) is 0.455. The van der Waals surface area contributed by atoms with E-state index in [4.69, 9.17) is 0 Å². The Bertz CT molecular complexity index is 429. The van der Waals surface area contributed by atoms with Gasteiger partial charge < -0.3 is 4.57 Å². The summed E-state index contributed by atoms with van der Waals surface area (Å²) in [5.41, 5.74) is 1.47. The highest BCUT2D eigenvalue weighted by Crippen LogP contribution is 2.14. The zero-order valence-corrected chi connectivity index (χ0v) is 7.78. The molecule has 0 atom stereocenters. The standard InChI is InChI=1S/C10H10N2O2/c1-12-3-2-7(6-12)4-8-5-9(13)11-10(8)14/h2-4,6H,5H2,1H3,(H,11,13,14)/b8-4-. The minimum absolute atomic E-state index is 0.188. The van der Waals surface area contributed by atoms with Gasteiger partial charge in [-0.15, -0.1) is 0 Å². The van der Waals surface area contributed by atoms with Gasteiger partial charge in [-0.3, -0.25) is 14.9 Å². The van der Waals surface area contributed by atoms with E-state index in [1.54, 1.807) is 6.08 Å². The Morgan fingerprint density at radius 1 is 1.50 bits per heavy atom. The Morgan fingerprint density at radius 3 is 2.79 bits per heavy atom. The molecule has 1 fully saturated rings. The van der Waals surface area contributed by atoms with Crippen LogP contribution in [0.1, 0.15) is 12.0 Å². The second-order valence-corrected chi connectivity index (χ2v) is 3.33. The van der Waals surface area contributed by atoms with Crippen LogP contribution in [0.2, 0.25) is 0 Å². The molecule has 1 aliphatic heterocycles. The maximum atomic E-state index is 11.2. The summed E-state index contributed by atoms with van der Waals surface area (Å²) in [5.74, 6) is -0.504. The monoisotopic (exact) mass is 190 g/mol. The van der Waals surface area contributed by atoms with Crippen molar-refractivity contribution in [3.8, 4) is 0 Å². The number of nitrogens with one attached hydrogen (secondary N) is 1. The van der Waals surface area contributed by atoms with E-state index < -0.39 is 0 Å². The number of rotatable bonds is 1. The molecule has 0 bridgehead atoms. The Balaban J connectivity index is 2.27. The van der Waals surface area contributed by atoms with Crippen LogP contribution in [0.25, 0.3) is 6.08 Å². The molecule has 2 amide bonds. The molecule has 0 aliphatic carbocycles. The SMILES string of the molecule is Cn1ccc(/C=C2/CC(=O)NC2=O)c1. The Labute approximate surface area is 81.2 Å². The second kappa shape index (κ2) is 3.14. The number of amides is 2. The summed E-state index contributed by atoms with van der Waals surface area (Å²) < 4.78 is 1.89. The fraction of sp³-hybridized carbons (Fsp3) is 0.200. The number of imide groups is 1. The number of nitrogens with zero attached hydrogens (tertiary/aromatic N) is 1. The van der Waals surface area contributed by atoms with Crippen molar-refractivity contribution in [3.05, 3.63) is 29.6 Å². The van der Waals surface area contributed by atoms with Crippen LogP contribution in [-0.4, -0.2) is 16.4 Å². The number of hydrogen-bond acceptors (Lipinski definition) is 2. The van der Waals surface area contributed by atoms with Gasteiger partial charge in [0.15, 0.2) is 0 Å². The topological polar surface area (TPSA) is 51.1 Å². The molecule has 4 heteroatoms. The summed E-state index contributed by atoms with van der Waals surface area (Å²) in [6, 6.07) is 1.89. The third-order valence-electron chi connectivity index (χ3n) is 2.09. The fourth-order valence-corrected chi connectivity index (χ4v) is 1.43. The number of carbonyl (C=O) groups excluding carboxylic acids is 2. The Hall–Kier alpha value is -1.84. The van der Waals surface area contributed by atoms with E-state index in [1.165, 1.54) is 0 Å². The molecule has 1 aromatic heterocycles. The van der Waals surface area contributed by atoms with Crippen LogP contribution in [0.5, 0.6) is 0 Å². The van der Waals surface area contributed by atoms with Crippen molar-refractivity contribution < 1.29 is 9.59 Å². The molecule has 2 heterocycles. The van der Waals surface area contributed by atoms with E-state index >= 15 is 0 Å². The quantitative estimate of drug-likeness (QED) is 0.516. The molecule has 0 saturated carbocycles. The molecule has 4 nitrogen and oxygen atoms in total. The van der Waals surface area contributed by atoms with Crippen molar-refractivity contribution in [2.75, 3.05) is 0 Å². The van der Waals surface area contributed by atoms with Crippen LogP contribution >= 0.6 is 0 Å². The normalized spacial score (nSPS) is 19.1. The number of aromatic nitrogens is 1. The van der Waals surface area contributed by atoms with Gasteiger partial charge in [-0.2, -0.15) is 0 Å². The van der Waals surface area contributed by atoms with E-state index in [0.717, 1.165) is 5.56 Å². The first-order valence-corrected chi connectivity index (χ1v) is 4.32. The lowest BCUT2D eigenvalue weighted by atomic mass is 10.1. The molecule has 0 radical (unpaired) electrons. The lowest BCUT2D eigenvalue weighted by molar-refractivity contribution is -0.124. The molecular formula is C10H10N2O2. The largest absolute Gasteiger partial charge is 0.357 e. The first-order valence-electron chi connectivity index (χ1n) is 4.32. The molecule has 72 valence electrons. The summed E-state index contributed by atoms with van der Waals surface area (Å²) in [6.45, 7) is 0. The Morgan fingerprint density at radius 2 is 2.29 bits per heavy atom. The number of aryl methyl sites for hydroxylation is 1. The maximum Gasteiger partial charge on any atom is 0.254 e. The molecule has 0 aromatic carbocycles. The van der Waals surface area contributed by atoms with Crippen LogP contribution in [0, 0.1) is 0 Å². The molecular weight excluding hydrogens is 180 g/mol. The summed E-state index contributed by atoms with van der Waals surface area (Å²) in [4.78, 5) is 22.1. The van der Waals surface area contributed by atoms with E-state index in [2.05, 4.69) is 5.32 Å². The van der Waals surface area contributed by atoms with Crippen molar-refractivity contribution in [2.45, 2.75) is 6.42 Å². The van der Waals surface area contributed by atoms with Gasteiger partial charge in [-0.1, -0.05) is 0 Å². The molecule has 1 saturated heterocycles. The lowest BCUT2D eigenvalue weighted by Gasteiger charge is -1.90. The third-order valence-corrected chi connectivity index (χ3v) is 2.09. The molecule has 2 rings (SSSR count). The van der Waals surface area contributed by atoms with E-state index in [1.807, 2.05) is 30.1 Å². The summed E-state index contributed by atoms with van der Waals surface area (Å²) in [7, 11) is 1.90.